The lowest BCUT2D eigenvalue weighted by atomic mass is 10.3. The molecule has 1 fully saturated rings. The predicted molar refractivity (Wildman–Crippen MR) is 83.1 cm³/mol. The Balaban J connectivity index is 1.77. The summed E-state index contributed by atoms with van der Waals surface area (Å²) >= 11 is 1.84. The Labute approximate surface area is 120 Å². The molecule has 0 bridgehead atoms. The van der Waals surface area contributed by atoms with Gasteiger partial charge < -0.3 is 15.1 Å². The minimum atomic E-state index is 0.965. The van der Waals surface area contributed by atoms with Gasteiger partial charge >= 0.3 is 0 Å². The van der Waals surface area contributed by atoms with Crippen molar-refractivity contribution in [3.05, 3.63) is 11.1 Å². The Morgan fingerprint density at radius 2 is 2.05 bits per heavy atom. The molecule has 0 aliphatic carbocycles. The van der Waals surface area contributed by atoms with Gasteiger partial charge in [-0.1, -0.05) is 20.3 Å². The Morgan fingerprint density at radius 3 is 2.74 bits per heavy atom. The van der Waals surface area contributed by atoms with Gasteiger partial charge in [0.2, 0.25) is 0 Å². The highest BCUT2D eigenvalue weighted by Crippen LogP contribution is 2.23. The molecule has 1 saturated heterocycles. The number of thiazole rings is 1. The maximum atomic E-state index is 4.58. The summed E-state index contributed by atoms with van der Waals surface area (Å²) in [4.78, 5) is 10.8. The van der Waals surface area contributed by atoms with E-state index in [4.69, 9.17) is 0 Å². The molecule has 0 amide bonds. The molecule has 1 N–H and O–H groups in total. The third-order valence-corrected chi connectivity index (χ3v) is 4.70. The van der Waals surface area contributed by atoms with E-state index < -0.39 is 0 Å². The number of likely N-dealkylation sites (N-methyl/N-ethyl adjacent to an activating group) is 1. The van der Waals surface area contributed by atoms with Gasteiger partial charge in [0.15, 0.2) is 5.13 Å². The van der Waals surface area contributed by atoms with Crippen molar-refractivity contribution in [3.8, 4) is 0 Å². The SMILES string of the molecule is CCCCNCc1cnc(N2CCN(CC)CC2)s1. The maximum absolute atomic E-state index is 4.58. The zero-order valence-corrected chi connectivity index (χ0v) is 13.0. The fraction of sp³-hybridized carbons (Fsp3) is 0.786. The van der Waals surface area contributed by atoms with Gasteiger partial charge in [0.05, 0.1) is 0 Å². The smallest absolute Gasteiger partial charge is 0.185 e. The van der Waals surface area contributed by atoms with Crippen molar-refractivity contribution < 1.29 is 0 Å². The zero-order chi connectivity index (χ0) is 13.5. The third kappa shape index (κ3) is 4.44. The molecule has 19 heavy (non-hydrogen) atoms. The number of hydrogen-bond acceptors (Lipinski definition) is 5. The lowest BCUT2D eigenvalue weighted by molar-refractivity contribution is 0.271. The second-order valence-corrected chi connectivity index (χ2v) is 6.15. The second-order valence-electron chi connectivity index (χ2n) is 5.06. The largest absolute Gasteiger partial charge is 0.346 e. The van der Waals surface area contributed by atoms with Crippen molar-refractivity contribution in [1.29, 1.82) is 0 Å². The Hall–Kier alpha value is -0.650. The normalized spacial score (nSPS) is 17.1. The lowest BCUT2D eigenvalue weighted by Crippen LogP contribution is -2.46. The topological polar surface area (TPSA) is 31.4 Å². The standard InChI is InChI=1S/C14H26N4S/c1-3-5-6-15-11-13-12-16-14(19-13)18-9-7-17(4-2)8-10-18/h12,15H,3-11H2,1-2H3. The van der Waals surface area contributed by atoms with Crippen LogP contribution in [0.4, 0.5) is 5.13 Å². The van der Waals surface area contributed by atoms with E-state index >= 15 is 0 Å². The summed E-state index contributed by atoms with van der Waals surface area (Å²) in [5.41, 5.74) is 0. The highest BCUT2D eigenvalue weighted by atomic mass is 32.1. The van der Waals surface area contributed by atoms with Crippen molar-refractivity contribution in [2.24, 2.45) is 0 Å². The number of aromatic nitrogens is 1. The number of nitrogens with zero attached hydrogens (tertiary/aromatic N) is 3. The third-order valence-electron chi connectivity index (χ3n) is 3.64. The van der Waals surface area contributed by atoms with Crippen LogP contribution in [-0.4, -0.2) is 49.2 Å². The Kier molecular flexibility index (Phi) is 6.07. The highest BCUT2D eigenvalue weighted by molar-refractivity contribution is 7.15. The van der Waals surface area contributed by atoms with E-state index in [-0.39, 0.29) is 0 Å². The van der Waals surface area contributed by atoms with Gasteiger partial charge in [0.25, 0.3) is 0 Å². The van der Waals surface area contributed by atoms with Gasteiger partial charge in [-0.25, -0.2) is 4.98 Å². The molecular weight excluding hydrogens is 256 g/mol. The van der Waals surface area contributed by atoms with Gasteiger partial charge in [-0.05, 0) is 19.5 Å². The minimum Gasteiger partial charge on any atom is -0.346 e. The van der Waals surface area contributed by atoms with Gasteiger partial charge in [-0.2, -0.15) is 0 Å². The second kappa shape index (κ2) is 7.82. The van der Waals surface area contributed by atoms with E-state index in [1.54, 1.807) is 0 Å². The van der Waals surface area contributed by atoms with E-state index in [1.807, 2.05) is 17.5 Å². The number of anilines is 1. The van der Waals surface area contributed by atoms with E-state index in [9.17, 15) is 0 Å². The molecular formula is C14H26N4S. The molecule has 0 unspecified atom stereocenters. The molecule has 2 heterocycles. The number of hydrogen-bond donors (Lipinski definition) is 1. The van der Waals surface area contributed by atoms with Crippen LogP contribution in [0.15, 0.2) is 6.20 Å². The quantitative estimate of drug-likeness (QED) is 0.777. The summed E-state index contributed by atoms with van der Waals surface area (Å²) in [5, 5.41) is 4.68. The molecule has 0 saturated carbocycles. The number of piperazine rings is 1. The van der Waals surface area contributed by atoms with Crippen LogP contribution in [0, 0.1) is 0 Å². The van der Waals surface area contributed by atoms with Crippen molar-refractivity contribution in [3.63, 3.8) is 0 Å². The molecule has 1 aliphatic rings. The van der Waals surface area contributed by atoms with Crippen LogP contribution in [0.5, 0.6) is 0 Å². The highest BCUT2D eigenvalue weighted by Gasteiger charge is 2.18. The first-order valence-corrected chi connectivity index (χ1v) is 8.27. The van der Waals surface area contributed by atoms with Crippen LogP contribution < -0.4 is 10.2 Å². The van der Waals surface area contributed by atoms with Crippen molar-refractivity contribution in [1.82, 2.24) is 15.2 Å². The zero-order valence-electron chi connectivity index (χ0n) is 12.2. The average Bonchev–Trinajstić information content (AvgIpc) is 2.92. The van der Waals surface area contributed by atoms with E-state index in [2.05, 4.69) is 33.9 Å². The Morgan fingerprint density at radius 1 is 1.26 bits per heavy atom. The Bertz CT molecular complexity index is 358. The summed E-state index contributed by atoms with van der Waals surface area (Å²) < 4.78 is 0. The van der Waals surface area contributed by atoms with Crippen molar-refractivity contribution in [2.45, 2.75) is 33.2 Å². The summed E-state index contributed by atoms with van der Waals surface area (Å²) in [7, 11) is 0. The molecule has 1 aliphatic heterocycles. The lowest BCUT2D eigenvalue weighted by Gasteiger charge is -2.33. The van der Waals surface area contributed by atoms with Crippen LogP contribution >= 0.6 is 11.3 Å². The van der Waals surface area contributed by atoms with Crippen LogP contribution in [0.2, 0.25) is 0 Å². The van der Waals surface area contributed by atoms with E-state index in [1.165, 1.54) is 35.9 Å². The number of rotatable bonds is 7. The van der Waals surface area contributed by atoms with Crippen molar-refractivity contribution >= 4 is 16.5 Å². The van der Waals surface area contributed by atoms with E-state index in [0.717, 1.165) is 32.7 Å². The van der Waals surface area contributed by atoms with Gasteiger partial charge in [0, 0.05) is 43.8 Å². The first-order chi connectivity index (χ1) is 9.33. The summed E-state index contributed by atoms with van der Waals surface area (Å²) in [6, 6.07) is 0. The molecule has 0 spiro atoms. The number of unbranched alkanes of at least 4 members (excludes halogenated alkanes) is 1. The minimum absolute atomic E-state index is 0.965. The molecule has 2 rings (SSSR count). The van der Waals surface area contributed by atoms with Crippen LogP contribution in [-0.2, 0) is 6.54 Å². The van der Waals surface area contributed by atoms with Gasteiger partial charge in [0.1, 0.15) is 0 Å². The van der Waals surface area contributed by atoms with Crippen LogP contribution in [0.25, 0.3) is 0 Å². The molecule has 108 valence electrons. The van der Waals surface area contributed by atoms with Crippen LogP contribution in [0.3, 0.4) is 0 Å². The molecule has 4 nitrogen and oxygen atoms in total. The van der Waals surface area contributed by atoms with Crippen molar-refractivity contribution in [2.75, 3.05) is 44.2 Å². The summed E-state index contributed by atoms with van der Waals surface area (Å²) in [5.74, 6) is 0. The first-order valence-electron chi connectivity index (χ1n) is 7.46. The fourth-order valence-corrected chi connectivity index (χ4v) is 3.23. The predicted octanol–water partition coefficient (Wildman–Crippen LogP) is 2.17. The fourth-order valence-electron chi connectivity index (χ4n) is 2.29. The van der Waals surface area contributed by atoms with Crippen LogP contribution in [0.1, 0.15) is 31.6 Å². The summed E-state index contributed by atoms with van der Waals surface area (Å²) in [6.07, 6.45) is 4.54. The first kappa shape index (κ1) is 14.8. The average molecular weight is 282 g/mol. The summed E-state index contributed by atoms with van der Waals surface area (Å²) in [6.45, 7) is 12.3. The molecule has 1 aromatic rings. The maximum Gasteiger partial charge on any atom is 0.185 e. The van der Waals surface area contributed by atoms with E-state index in [0.29, 0.717) is 0 Å². The molecule has 1 aromatic heterocycles. The number of nitrogens with one attached hydrogen (secondary N) is 1. The monoisotopic (exact) mass is 282 g/mol. The molecule has 0 aromatic carbocycles. The molecule has 5 heteroatoms. The molecule has 0 atom stereocenters. The molecule has 0 radical (unpaired) electrons. The van der Waals surface area contributed by atoms with Gasteiger partial charge in [-0.3, -0.25) is 0 Å². The van der Waals surface area contributed by atoms with Gasteiger partial charge in [-0.15, -0.1) is 11.3 Å².